The maximum atomic E-state index is 11.9. The molecule has 0 saturated heterocycles. The zero-order valence-corrected chi connectivity index (χ0v) is 10.7. The molecule has 2 aromatic carbocycles. The van der Waals surface area contributed by atoms with Crippen molar-refractivity contribution in [2.75, 3.05) is 11.9 Å². The van der Waals surface area contributed by atoms with Gasteiger partial charge in [0, 0.05) is 5.69 Å². The molecule has 1 heterocycles. The molecule has 19 heavy (non-hydrogen) atoms. The summed E-state index contributed by atoms with van der Waals surface area (Å²) >= 11 is 0. The summed E-state index contributed by atoms with van der Waals surface area (Å²) in [7, 11) is 0. The summed E-state index contributed by atoms with van der Waals surface area (Å²) in [5, 5.41) is 3.38. The lowest BCUT2D eigenvalue weighted by molar-refractivity contribution is 0.0500. The van der Waals surface area contributed by atoms with E-state index in [1.807, 2.05) is 18.2 Å². The molecule has 1 aliphatic rings. The van der Waals surface area contributed by atoms with Crippen LogP contribution in [0.5, 0.6) is 0 Å². The third kappa shape index (κ3) is 2.32. The van der Waals surface area contributed by atoms with Crippen LogP contribution in [0, 0.1) is 6.92 Å². The molecule has 0 aromatic heterocycles. The van der Waals surface area contributed by atoms with Crippen molar-refractivity contribution in [3.63, 3.8) is 0 Å². The van der Waals surface area contributed by atoms with Crippen LogP contribution in [0.3, 0.4) is 0 Å². The number of carbonyl (C=O) groups excluding carboxylic acids is 1. The molecule has 0 radical (unpaired) electrons. The Morgan fingerprint density at radius 2 is 1.84 bits per heavy atom. The van der Waals surface area contributed by atoms with E-state index in [9.17, 15) is 4.79 Å². The van der Waals surface area contributed by atoms with Crippen molar-refractivity contribution in [1.82, 2.24) is 0 Å². The Labute approximate surface area is 112 Å². The molecule has 1 aliphatic heterocycles. The number of rotatable bonds is 1. The summed E-state index contributed by atoms with van der Waals surface area (Å²) in [6, 6.07) is 15.7. The normalized spacial score (nSPS) is 17.9. The number of hydrogen-bond acceptors (Lipinski definition) is 3. The van der Waals surface area contributed by atoms with Crippen LogP contribution < -0.4 is 5.32 Å². The van der Waals surface area contributed by atoms with Gasteiger partial charge in [0.25, 0.3) is 0 Å². The molecular formula is C16H15NO2. The first-order valence-corrected chi connectivity index (χ1v) is 6.33. The van der Waals surface area contributed by atoms with Crippen molar-refractivity contribution in [3.8, 4) is 0 Å². The van der Waals surface area contributed by atoms with Gasteiger partial charge in [-0.05, 0) is 24.6 Å². The molecule has 3 rings (SSSR count). The number of esters is 1. The summed E-state index contributed by atoms with van der Waals surface area (Å²) in [5.41, 5.74) is 3.76. The molecule has 0 spiro atoms. The molecule has 0 saturated carbocycles. The van der Waals surface area contributed by atoms with Crippen molar-refractivity contribution >= 4 is 11.7 Å². The smallest absolute Gasteiger partial charge is 0.340 e. The van der Waals surface area contributed by atoms with Gasteiger partial charge in [0.2, 0.25) is 0 Å². The molecule has 1 atom stereocenters. The average molecular weight is 253 g/mol. The van der Waals surface area contributed by atoms with Crippen LogP contribution >= 0.6 is 0 Å². The number of hydrogen-bond donors (Lipinski definition) is 1. The number of nitrogens with one attached hydrogen (secondary N) is 1. The summed E-state index contributed by atoms with van der Waals surface area (Å²) in [6.45, 7) is 2.40. The minimum Gasteiger partial charge on any atom is -0.459 e. The van der Waals surface area contributed by atoms with E-state index >= 15 is 0 Å². The van der Waals surface area contributed by atoms with Crippen molar-refractivity contribution < 1.29 is 9.53 Å². The number of benzene rings is 2. The van der Waals surface area contributed by atoms with Crippen molar-refractivity contribution in [3.05, 3.63) is 65.2 Å². The van der Waals surface area contributed by atoms with Crippen LogP contribution in [-0.2, 0) is 4.74 Å². The Morgan fingerprint density at radius 3 is 2.63 bits per heavy atom. The zero-order valence-electron chi connectivity index (χ0n) is 10.7. The first kappa shape index (κ1) is 11.8. The highest BCUT2D eigenvalue weighted by Gasteiger charge is 2.22. The minimum atomic E-state index is -0.266. The van der Waals surface area contributed by atoms with Gasteiger partial charge >= 0.3 is 5.97 Å². The molecule has 1 N–H and O–H groups in total. The second-order valence-electron chi connectivity index (χ2n) is 4.75. The fraction of sp³-hybridized carbons (Fsp3) is 0.188. The van der Waals surface area contributed by atoms with E-state index < -0.39 is 0 Å². The van der Waals surface area contributed by atoms with Gasteiger partial charge < -0.3 is 10.1 Å². The maximum Gasteiger partial charge on any atom is 0.340 e. The van der Waals surface area contributed by atoms with Gasteiger partial charge in [0.05, 0.1) is 11.6 Å². The summed E-state index contributed by atoms with van der Waals surface area (Å²) < 4.78 is 5.33. The lowest BCUT2D eigenvalue weighted by Gasteiger charge is -2.17. The van der Waals surface area contributed by atoms with E-state index in [4.69, 9.17) is 4.74 Å². The van der Waals surface area contributed by atoms with E-state index in [-0.39, 0.29) is 12.0 Å². The zero-order chi connectivity index (χ0) is 13.2. The predicted molar refractivity (Wildman–Crippen MR) is 74.3 cm³/mol. The van der Waals surface area contributed by atoms with E-state index in [0.29, 0.717) is 12.2 Å². The second kappa shape index (κ2) is 4.76. The van der Waals surface area contributed by atoms with Crippen LogP contribution in [0.15, 0.2) is 48.5 Å². The van der Waals surface area contributed by atoms with Crippen LogP contribution in [0.2, 0.25) is 0 Å². The summed E-state index contributed by atoms with van der Waals surface area (Å²) in [6.07, 6.45) is 0. The number of cyclic esters (lactones) is 1. The van der Waals surface area contributed by atoms with E-state index in [1.165, 1.54) is 5.56 Å². The Bertz CT molecular complexity index is 604. The standard InChI is InChI=1S/C16H15NO2/c1-11-6-8-12(9-7-11)15-10-19-16(18)13-4-2-3-5-14(13)17-15/h2-9,15,17H,10H2,1H3. The van der Waals surface area contributed by atoms with Crippen LogP contribution in [0.4, 0.5) is 5.69 Å². The van der Waals surface area contributed by atoms with E-state index in [2.05, 4.69) is 36.5 Å². The number of aryl methyl sites for hydroxylation is 1. The Morgan fingerprint density at radius 1 is 1.11 bits per heavy atom. The lowest BCUT2D eigenvalue weighted by Crippen LogP contribution is -2.15. The van der Waals surface area contributed by atoms with Crippen molar-refractivity contribution in [2.45, 2.75) is 13.0 Å². The fourth-order valence-corrected chi connectivity index (χ4v) is 2.23. The van der Waals surface area contributed by atoms with Gasteiger partial charge in [0.1, 0.15) is 6.61 Å². The number of fused-ring (bicyclic) bond motifs is 1. The first-order valence-electron chi connectivity index (χ1n) is 6.33. The van der Waals surface area contributed by atoms with E-state index in [1.54, 1.807) is 6.07 Å². The maximum absolute atomic E-state index is 11.9. The van der Waals surface area contributed by atoms with Crippen molar-refractivity contribution in [1.29, 1.82) is 0 Å². The van der Waals surface area contributed by atoms with E-state index in [0.717, 1.165) is 11.3 Å². The molecule has 2 aromatic rings. The van der Waals surface area contributed by atoms with Gasteiger partial charge in [-0.1, -0.05) is 42.0 Å². The molecule has 0 amide bonds. The number of para-hydroxylation sites is 1. The number of carbonyl (C=O) groups is 1. The van der Waals surface area contributed by atoms with Gasteiger partial charge in [-0.2, -0.15) is 0 Å². The summed E-state index contributed by atoms with van der Waals surface area (Å²) in [5.74, 6) is -0.266. The quantitative estimate of drug-likeness (QED) is 0.792. The highest BCUT2D eigenvalue weighted by molar-refractivity contribution is 5.96. The number of anilines is 1. The van der Waals surface area contributed by atoms with Crippen molar-refractivity contribution in [2.24, 2.45) is 0 Å². The molecule has 0 fully saturated rings. The molecule has 3 nitrogen and oxygen atoms in total. The molecule has 0 aliphatic carbocycles. The van der Waals surface area contributed by atoms with Crippen LogP contribution in [0.25, 0.3) is 0 Å². The third-order valence-electron chi connectivity index (χ3n) is 3.34. The predicted octanol–water partition coefficient (Wildman–Crippen LogP) is 3.32. The molecular weight excluding hydrogens is 238 g/mol. The first-order chi connectivity index (χ1) is 9.24. The Hall–Kier alpha value is -2.29. The molecule has 96 valence electrons. The number of ether oxygens (including phenoxy) is 1. The SMILES string of the molecule is Cc1ccc(C2COC(=O)c3ccccc3N2)cc1. The van der Waals surface area contributed by atoms with Gasteiger partial charge in [0.15, 0.2) is 0 Å². The van der Waals surface area contributed by atoms with Crippen LogP contribution in [0.1, 0.15) is 27.5 Å². The van der Waals surface area contributed by atoms with Gasteiger partial charge in [-0.25, -0.2) is 4.79 Å². The fourth-order valence-electron chi connectivity index (χ4n) is 2.23. The molecule has 3 heteroatoms. The summed E-state index contributed by atoms with van der Waals surface area (Å²) in [4.78, 5) is 11.9. The lowest BCUT2D eigenvalue weighted by atomic mass is 10.1. The topological polar surface area (TPSA) is 38.3 Å². The minimum absolute atomic E-state index is 0.00630. The monoisotopic (exact) mass is 253 g/mol. The van der Waals surface area contributed by atoms with Crippen LogP contribution in [-0.4, -0.2) is 12.6 Å². The average Bonchev–Trinajstić information content (AvgIpc) is 2.60. The second-order valence-corrected chi connectivity index (χ2v) is 4.75. The highest BCUT2D eigenvalue weighted by atomic mass is 16.5. The molecule has 0 bridgehead atoms. The van der Waals surface area contributed by atoms with Gasteiger partial charge in [-0.3, -0.25) is 0 Å². The third-order valence-corrected chi connectivity index (χ3v) is 3.34. The highest BCUT2D eigenvalue weighted by Crippen LogP contribution is 2.27. The Kier molecular flexibility index (Phi) is 2.95. The largest absolute Gasteiger partial charge is 0.459 e. The molecule has 1 unspecified atom stereocenters. The van der Waals surface area contributed by atoms with Gasteiger partial charge in [-0.15, -0.1) is 0 Å². The Balaban J connectivity index is 1.94.